The first-order chi connectivity index (χ1) is 15.5. The van der Waals surface area contributed by atoms with Gasteiger partial charge in [0.2, 0.25) is 11.8 Å². The molecule has 2 fully saturated rings. The number of nitrogens with one attached hydrogen (secondary N) is 4. The van der Waals surface area contributed by atoms with Crippen LogP contribution in [-0.2, 0) is 20.8 Å². The number of carbonyl (C=O) groups excluding carboxylic acids is 3. The molecule has 0 spiro atoms. The summed E-state index contributed by atoms with van der Waals surface area (Å²) in [6.45, 7) is 0.725. The maximum Gasteiger partial charge on any atom is 0.252 e. The highest BCUT2D eigenvalue weighted by atomic mass is 16.2. The van der Waals surface area contributed by atoms with Crippen molar-refractivity contribution in [2.45, 2.75) is 75.4 Å². The van der Waals surface area contributed by atoms with Gasteiger partial charge in [-0.2, -0.15) is 0 Å². The molecule has 2 heterocycles. The Kier molecular flexibility index (Phi) is 7.07. The molecule has 6 N–H and O–H groups in total. The van der Waals surface area contributed by atoms with Crippen molar-refractivity contribution in [1.82, 2.24) is 26.2 Å². The molecule has 4 rings (SSSR count). The van der Waals surface area contributed by atoms with Gasteiger partial charge in [-0.15, -0.1) is 0 Å². The van der Waals surface area contributed by atoms with Crippen LogP contribution in [0.4, 0.5) is 0 Å². The molecule has 2 aliphatic heterocycles. The van der Waals surface area contributed by atoms with Crippen molar-refractivity contribution in [3.63, 3.8) is 0 Å². The van der Waals surface area contributed by atoms with Crippen molar-refractivity contribution in [2.75, 3.05) is 13.6 Å². The summed E-state index contributed by atoms with van der Waals surface area (Å²) in [6.07, 6.45) is 4.43. The minimum absolute atomic E-state index is 0.0338. The number of fused-ring (bicyclic) bond motifs is 2. The van der Waals surface area contributed by atoms with Gasteiger partial charge in [-0.05, 0) is 69.7 Å². The summed E-state index contributed by atoms with van der Waals surface area (Å²) < 4.78 is 0. The van der Waals surface area contributed by atoms with Gasteiger partial charge in [-0.3, -0.25) is 25.0 Å². The van der Waals surface area contributed by atoms with Crippen LogP contribution in [0.3, 0.4) is 0 Å². The van der Waals surface area contributed by atoms with Gasteiger partial charge in [0.15, 0.2) is 0 Å². The minimum Gasteiger partial charge on any atom is -0.347 e. The molecule has 174 valence electrons. The highest BCUT2D eigenvalue weighted by Gasteiger charge is 2.44. The summed E-state index contributed by atoms with van der Waals surface area (Å²) in [5.41, 5.74) is 8.20. The quantitative estimate of drug-likeness (QED) is 0.404. The van der Waals surface area contributed by atoms with Crippen LogP contribution >= 0.6 is 0 Å². The Labute approximate surface area is 188 Å². The second kappa shape index (κ2) is 9.97. The maximum atomic E-state index is 13.5. The lowest BCUT2D eigenvalue weighted by Gasteiger charge is -2.36. The van der Waals surface area contributed by atoms with Crippen LogP contribution in [0.25, 0.3) is 0 Å². The third-order valence-corrected chi connectivity index (χ3v) is 6.89. The zero-order valence-corrected chi connectivity index (χ0v) is 18.6. The number of hydrogen-bond donors (Lipinski definition) is 5. The first kappa shape index (κ1) is 22.7. The van der Waals surface area contributed by atoms with E-state index in [0.29, 0.717) is 19.3 Å². The molecule has 0 radical (unpaired) electrons. The molecular formula is C23H34N6O3. The van der Waals surface area contributed by atoms with E-state index in [4.69, 9.17) is 5.73 Å². The highest BCUT2D eigenvalue weighted by Crippen LogP contribution is 2.31. The average molecular weight is 443 g/mol. The zero-order valence-electron chi connectivity index (χ0n) is 18.6. The third-order valence-electron chi connectivity index (χ3n) is 6.89. The lowest BCUT2D eigenvalue weighted by Crippen LogP contribution is -2.61. The van der Waals surface area contributed by atoms with Gasteiger partial charge in [0.25, 0.3) is 5.91 Å². The molecule has 3 amide bonds. The van der Waals surface area contributed by atoms with Gasteiger partial charge in [0, 0.05) is 0 Å². The minimum atomic E-state index is -0.883. The van der Waals surface area contributed by atoms with E-state index in [0.717, 1.165) is 32.2 Å². The van der Waals surface area contributed by atoms with Crippen molar-refractivity contribution in [3.8, 4) is 0 Å². The summed E-state index contributed by atoms with van der Waals surface area (Å²) in [7, 11) is 1.59. The summed E-state index contributed by atoms with van der Waals surface area (Å²) >= 11 is 0. The summed E-state index contributed by atoms with van der Waals surface area (Å²) in [5.74, 6) is -0.766. The predicted molar refractivity (Wildman–Crippen MR) is 120 cm³/mol. The van der Waals surface area contributed by atoms with Crippen molar-refractivity contribution in [3.05, 3.63) is 35.4 Å². The molecule has 5 unspecified atom stereocenters. The van der Waals surface area contributed by atoms with E-state index in [1.807, 2.05) is 12.1 Å². The maximum absolute atomic E-state index is 13.5. The molecule has 1 aliphatic carbocycles. The normalized spacial score (nSPS) is 28.7. The van der Waals surface area contributed by atoms with Crippen LogP contribution in [0.1, 0.15) is 55.7 Å². The number of carbonyl (C=O) groups is 3. The fourth-order valence-electron chi connectivity index (χ4n) is 5.15. The number of likely N-dealkylation sites (N-methyl/N-ethyl adjacent to an activating group) is 1. The van der Waals surface area contributed by atoms with Crippen molar-refractivity contribution in [1.29, 1.82) is 0 Å². The third kappa shape index (κ3) is 4.65. The average Bonchev–Trinajstić information content (AvgIpc) is 3.22. The van der Waals surface area contributed by atoms with Crippen LogP contribution in [-0.4, -0.2) is 60.6 Å². The van der Waals surface area contributed by atoms with Gasteiger partial charge in [0.1, 0.15) is 18.2 Å². The van der Waals surface area contributed by atoms with Crippen molar-refractivity contribution < 1.29 is 14.4 Å². The van der Waals surface area contributed by atoms with Crippen LogP contribution in [0, 0.1) is 0 Å². The Hall–Kier alpha value is -2.49. The number of rotatable bonds is 5. The number of benzene rings is 1. The van der Waals surface area contributed by atoms with E-state index >= 15 is 0 Å². The molecule has 1 aromatic rings. The zero-order chi connectivity index (χ0) is 22.7. The Morgan fingerprint density at radius 1 is 1.09 bits per heavy atom. The first-order valence-corrected chi connectivity index (χ1v) is 11.7. The van der Waals surface area contributed by atoms with Gasteiger partial charge in [0.05, 0.1) is 12.2 Å². The number of nitrogens with two attached hydrogens (primary N) is 1. The highest BCUT2D eigenvalue weighted by molar-refractivity contribution is 5.93. The second-order valence-electron chi connectivity index (χ2n) is 8.93. The monoisotopic (exact) mass is 442 g/mol. The molecular weight excluding hydrogens is 408 g/mol. The fraction of sp³-hybridized carbons (Fsp3) is 0.609. The van der Waals surface area contributed by atoms with Crippen LogP contribution in [0.2, 0.25) is 0 Å². The van der Waals surface area contributed by atoms with E-state index in [-0.39, 0.29) is 24.0 Å². The second-order valence-corrected chi connectivity index (χ2v) is 8.93. The topological polar surface area (TPSA) is 129 Å². The molecule has 32 heavy (non-hydrogen) atoms. The number of nitrogens with zero attached hydrogens (tertiary/aromatic N) is 1. The Bertz CT molecular complexity index is 862. The van der Waals surface area contributed by atoms with Gasteiger partial charge in [-0.1, -0.05) is 24.3 Å². The molecule has 0 bridgehead atoms. The molecule has 9 nitrogen and oxygen atoms in total. The number of amides is 3. The van der Waals surface area contributed by atoms with E-state index in [1.54, 1.807) is 11.9 Å². The lowest BCUT2D eigenvalue weighted by atomic mass is 9.87. The van der Waals surface area contributed by atoms with E-state index in [9.17, 15) is 14.4 Å². The smallest absolute Gasteiger partial charge is 0.252 e. The molecule has 0 saturated carbocycles. The molecule has 3 aliphatic rings. The fourth-order valence-corrected chi connectivity index (χ4v) is 5.15. The summed E-state index contributed by atoms with van der Waals surface area (Å²) in [4.78, 5) is 40.8. The lowest BCUT2D eigenvalue weighted by molar-refractivity contribution is -0.145. The Balaban J connectivity index is 1.49. The molecule has 1 aromatic carbocycles. The molecule has 2 saturated heterocycles. The van der Waals surface area contributed by atoms with Crippen LogP contribution in [0.15, 0.2) is 24.3 Å². The SMILES string of the molecule is CNC(N)C(=O)NC1CCCNC2CCC(C(=O)NC3CCCc4ccccc43)N2C1=O. The summed E-state index contributed by atoms with van der Waals surface area (Å²) in [6, 6.07) is 6.96. The van der Waals surface area contributed by atoms with Gasteiger partial charge >= 0.3 is 0 Å². The largest absolute Gasteiger partial charge is 0.347 e. The van der Waals surface area contributed by atoms with Crippen LogP contribution in [0.5, 0.6) is 0 Å². The molecule has 5 atom stereocenters. The van der Waals surface area contributed by atoms with Gasteiger partial charge < -0.3 is 21.3 Å². The number of aryl methyl sites for hydroxylation is 1. The van der Waals surface area contributed by atoms with E-state index in [1.165, 1.54) is 11.1 Å². The first-order valence-electron chi connectivity index (χ1n) is 11.7. The van der Waals surface area contributed by atoms with Crippen molar-refractivity contribution >= 4 is 17.7 Å². The Morgan fingerprint density at radius 2 is 1.88 bits per heavy atom. The van der Waals surface area contributed by atoms with E-state index in [2.05, 4.69) is 33.4 Å². The van der Waals surface area contributed by atoms with E-state index < -0.39 is 24.2 Å². The van der Waals surface area contributed by atoms with Crippen LogP contribution < -0.4 is 27.0 Å². The summed E-state index contributed by atoms with van der Waals surface area (Å²) in [5, 5.41) is 12.1. The standard InChI is InChI=1S/C23H34N6O3/c1-25-20(24)22(31)28-17-10-5-13-26-19-12-11-18(29(19)23(17)32)21(30)27-16-9-4-7-14-6-2-3-8-15(14)16/h2-3,6,8,16-20,25-26H,4-5,7,9-13,24H2,1H3,(H,27,30)(H,28,31). The molecule has 0 aromatic heterocycles. The predicted octanol–water partition coefficient (Wildman–Crippen LogP) is -0.130. The molecule has 9 heteroatoms. The van der Waals surface area contributed by atoms with Gasteiger partial charge in [-0.25, -0.2) is 0 Å². The Morgan fingerprint density at radius 3 is 2.69 bits per heavy atom. The van der Waals surface area contributed by atoms with Crippen molar-refractivity contribution in [2.24, 2.45) is 5.73 Å². The number of hydrogen-bond acceptors (Lipinski definition) is 6.